The lowest BCUT2D eigenvalue weighted by Crippen LogP contribution is -2.45. The van der Waals surface area contributed by atoms with E-state index < -0.39 is 0 Å². The van der Waals surface area contributed by atoms with Gasteiger partial charge in [0.05, 0.1) is 6.61 Å². The summed E-state index contributed by atoms with van der Waals surface area (Å²) in [6.45, 7) is 4.55. The van der Waals surface area contributed by atoms with Crippen LogP contribution in [0, 0.1) is 0 Å². The fraction of sp³-hybridized carbons (Fsp3) is 0.562. The number of ether oxygens (including phenoxy) is 1. The predicted octanol–water partition coefficient (Wildman–Crippen LogP) is 1.09. The van der Waals surface area contributed by atoms with Crippen molar-refractivity contribution in [3.05, 3.63) is 29.8 Å². The van der Waals surface area contributed by atoms with Crippen molar-refractivity contribution in [1.82, 2.24) is 5.32 Å². The number of anilines is 1. The molecule has 0 saturated carbocycles. The molecule has 0 bridgehead atoms. The third kappa shape index (κ3) is 3.54. The maximum Gasteiger partial charge on any atom is 0.242 e. The van der Waals surface area contributed by atoms with Gasteiger partial charge in [0, 0.05) is 31.8 Å². The van der Waals surface area contributed by atoms with E-state index in [0.29, 0.717) is 25.6 Å². The molecule has 0 saturated heterocycles. The van der Waals surface area contributed by atoms with Crippen LogP contribution in [0.5, 0.6) is 0 Å². The second-order valence-corrected chi connectivity index (χ2v) is 5.45. The monoisotopic (exact) mass is 291 g/mol. The SMILES string of the molecule is COCCNC(=O)C(C)N1CC(CCN)c2ccccc21. The maximum absolute atomic E-state index is 12.2. The Morgan fingerprint density at radius 1 is 1.52 bits per heavy atom. The van der Waals surface area contributed by atoms with Gasteiger partial charge in [-0.15, -0.1) is 0 Å². The van der Waals surface area contributed by atoms with Crippen molar-refractivity contribution < 1.29 is 9.53 Å². The fourth-order valence-electron chi connectivity index (χ4n) is 2.91. The molecule has 1 aromatic carbocycles. The third-order valence-corrected chi connectivity index (χ3v) is 4.07. The highest BCUT2D eigenvalue weighted by Gasteiger charge is 2.32. The summed E-state index contributed by atoms with van der Waals surface area (Å²) in [4.78, 5) is 14.4. The molecule has 0 radical (unpaired) electrons. The topological polar surface area (TPSA) is 67.6 Å². The molecule has 21 heavy (non-hydrogen) atoms. The standard InChI is InChI=1S/C16H25N3O2/c1-12(16(20)18-9-10-21-2)19-11-13(7-8-17)14-5-3-4-6-15(14)19/h3-6,12-13H,7-11,17H2,1-2H3,(H,18,20). The van der Waals surface area contributed by atoms with Gasteiger partial charge in [-0.1, -0.05) is 18.2 Å². The van der Waals surface area contributed by atoms with Gasteiger partial charge in [0.15, 0.2) is 0 Å². The number of amides is 1. The number of rotatable bonds is 7. The Morgan fingerprint density at radius 2 is 2.29 bits per heavy atom. The highest BCUT2D eigenvalue weighted by atomic mass is 16.5. The molecule has 3 N–H and O–H groups in total. The smallest absolute Gasteiger partial charge is 0.242 e. The average molecular weight is 291 g/mol. The second-order valence-electron chi connectivity index (χ2n) is 5.45. The van der Waals surface area contributed by atoms with Crippen molar-refractivity contribution in [2.24, 2.45) is 5.73 Å². The Morgan fingerprint density at radius 3 is 3.00 bits per heavy atom. The first-order valence-electron chi connectivity index (χ1n) is 7.51. The van der Waals surface area contributed by atoms with E-state index in [1.54, 1.807) is 7.11 Å². The van der Waals surface area contributed by atoms with Gasteiger partial charge in [-0.25, -0.2) is 0 Å². The molecule has 1 heterocycles. The summed E-state index contributed by atoms with van der Waals surface area (Å²) < 4.78 is 4.96. The van der Waals surface area contributed by atoms with Crippen molar-refractivity contribution in [3.63, 3.8) is 0 Å². The van der Waals surface area contributed by atoms with Crippen molar-refractivity contribution >= 4 is 11.6 Å². The van der Waals surface area contributed by atoms with E-state index in [1.165, 1.54) is 5.56 Å². The van der Waals surface area contributed by atoms with E-state index in [1.807, 2.05) is 13.0 Å². The average Bonchev–Trinajstić information content (AvgIpc) is 2.86. The quantitative estimate of drug-likeness (QED) is 0.738. The molecule has 2 atom stereocenters. The molecule has 116 valence electrons. The number of para-hydroxylation sites is 1. The van der Waals surface area contributed by atoms with E-state index in [0.717, 1.165) is 18.7 Å². The Bertz CT molecular complexity index is 478. The number of carbonyl (C=O) groups excluding carboxylic acids is 1. The molecule has 2 rings (SSSR count). The lowest BCUT2D eigenvalue weighted by Gasteiger charge is -2.26. The summed E-state index contributed by atoms with van der Waals surface area (Å²) in [5.41, 5.74) is 8.18. The third-order valence-electron chi connectivity index (χ3n) is 4.07. The first-order chi connectivity index (χ1) is 10.2. The summed E-state index contributed by atoms with van der Waals surface area (Å²) in [6, 6.07) is 8.11. The molecular weight excluding hydrogens is 266 g/mol. The van der Waals surface area contributed by atoms with E-state index in [4.69, 9.17) is 10.5 Å². The van der Waals surface area contributed by atoms with Crippen LogP contribution < -0.4 is 16.0 Å². The molecule has 0 aromatic heterocycles. The second kappa shape index (κ2) is 7.43. The van der Waals surface area contributed by atoms with Crippen LogP contribution in [0.2, 0.25) is 0 Å². The Balaban J connectivity index is 2.08. The van der Waals surface area contributed by atoms with Crippen molar-refractivity contribution in [3.8, 4) is 0 Å². The molecule has 0 aliphatic carbocycles. The zero-order chi connectivity index (χ0) is 15.2. The van der Waals surface area contributed by atoms with Crippen LogP contribution in [0.4, 0.5) is 5.69 Å². The van der Waals surface area contributed by atoms with Gasteiger partial charge in [-0.3, -0.25) is 4.79 Å². The summed E-state index contributed by atoms with van der Waals surface area (Å²) in [7, 11) is 1.63. The molecule has 1 aliphatic heterocycles. The number of hydrogen-bond donors (Lipinski definition) is 2. The summed E-state index contributed by atoms with van der Waals surface area (Å²) >= 11 is 0. The highest BCUT2D eigenvalue weighted by molar-refractivity contribution is 5.85. The van der Waals surface area contributed by atoms with E-state index >= 15 is 0 Å². The van der Waals surface area contributed by atoms with E-state index in [-0.39, 0.29) is 11.9 Å². The molecule has 0 fully saturated rings. The summed E-state index contributed by atoms with van der Waals surface area (Å²) in [5, 5.41) is 2.91. The fourth-order valence-corrected chi connectivity index (χ4v) is 2.91. The van der Waals surface area contributed by atoms with Crippen molar-refractivity contribution in [2.75, 3.05) is 38.3 Å². The van der Waals surface area contributed by atoms with Gasteiger partial charge in [0.1, 0.15) is 6.04 Å². The Kier molecular flexibility index (Phi) is 5.59. The summed E-state index contributed by atoms with van der Waals surface area (Å²) in [5.74, 6) is 0.454. The number of fused-ring (bicyclic) bond motifs is 1. The lowest BCUT2D eigenvalue weighted by molar-refractivity contribution is -0.122. The zero-order valence-electron chi connectivity index (χ0n) is 12.8. The molecule has 1 amide bonds. The number of carbonyl (C=O) groups is 1. The van der Waals surface area contributed by atoms with E-state index in [2.05, 4.69) is 28.4 Å². The van der Waals surface area contributed by atoms with Crippen LogP contribution in [0.15, 0.2) is 24.3 Å². The minimum absolute atomic E-state index is 0.0373. The molecule has 1 aliphatic rings. The normalized spacial score (nSPS) is 18.4. The number of methoxy groups -OCH3 is 1. The van der Waals surface area contributed by atoms with Gasteiger partial charge < -0.3 is 20.7 Å². The van der Waals surface area contributed by atoms with E-state index in [9.17, 15) is 4.79 Å². The zero-order valence-corrected chi connectivity index (χ0v) is 12.8. The lowest BCUT2D eigenvalue weighted by atomic mass is 9.98. The molecule has 2 unspecified atom stereocenters. The Labute approximate surface area is 126 Å². The number of nitrogens with zero attached hydrogens (tertiary/aromatic N) is 1. The van der Waals surface area contributed by atoms with Gasteiger partial charge >= 0.3 is 0 Å². The van der Waals surface area contributed by atoms with Crippen molar-refractivity contribution in [2.45, 2.75) is 25.3 Å². The summed E-state index contributed by atoms with van der Waals surface area (Å²) in [6.07, 6.45) is 0.950. The minimum atomic E-state index is -0.189. The molecule has 1 aromatic rings. The van der Waals surface area contributed by atoms with Crippen LogP contribution >= 0.6 is 0 Å². The van der Waals surface area contributed by atoms with Gasteiger partial charge in [-0.05, 0) is 31.5 Å². The van der Waals surface area contributed by atoms with Gasteiger partial charge in [0.2, 0.25) is 5.91 Å². The Hall–Kier alpha value is -1.59. The van der Waals surface area contributed by atoms with Gasteiger partial charge in [-0.2, -0.15) is 0 Å². The molecule has 5 heteroatoms. The first-order valence-corrected chi connectivity index (χ1v) is 7.51. The van der Waals surface area contributed by atoms with Crippen LogP contribution in [0.25, 0.3) is 0 Å². The molecule has 5 nitrogen and oxygen atoms in total. The number of benzene rings is 1. The molecule has 0 spiro atoms. The number of hydrogen-bond acceptors (Lipinski definition) is 4. The minimum Gasteiger partial charge on any atom is -0.383 e. The number of nitrogens with two attached hydrogens (primary N) is 1. The number of nitrogens with one attached hydrogen (secondary N) is 1. The van der Waals surface area contributed by atoms with Gasteiger partial charge in [0.25, 0.3) is 0 Å². The van der Waals surface area contributed by atoms with Crippen LogP contribution in [-0.2, 0) is 9.53 Å². The highest BCUT2D eigenvalue weighted by Crippen LogP contribution is 2.38. The first kappa shape index (κ1) is 15.8. The maximum atomic E-state index is 12.2. The predicted molar refractivity (Wildman–Crippen MR) is 84.5 cm³/mol. The van der Waals surface area contributed by atoms with Crippen molar-refractivity contribution in [1.29, 1.82) is 0 Å². The van der Waals surface area contributed by atoms with Crippen LogP contribution in [-0.4, -0.2) is 45.3 Å². The van der Waals surface area contributed by atoms with Crippen LogP contribution in [0.1, 0.15) is 24.8 Å². The largest absolute Gasteiger partial charge is 0.383 e. The van der Waals surface area contributed by atoms with Crippen LogP contribution in [0.3, 0.4) is 0 Å². The molecular formula is C16H25N3O2.